The molecule has 4 aromatic carbocycles. The number of nitrogens with zero attached hydrogens (tertiary/aromatic N) is 2. The highest BCUT2D eigenvalue weighted by atomic mass is 32.2. The average molecular weight is 654 g/mol. The molecule has 1 unspecified atom stereocenters. The monoisotopic (exact) mass is 653 g/mol. The number of anilines is 1. The molecular weight excluding hydrogens is 611 g/mol. The van der Waals surface area contributed by atoms with Crippen molar-refractivity contribution in [1.29, 1.82) is 0 Å². The van der Waals surface area contributed by atoms with Crippen LogP contribution in [0.15, 0.2) is 108 Å². The molecule has 0 spiro atoms. The molecule has 1 N–H and O–H groups in total. The first-order valence-electron chi connectivity index (χ1n) is 16.1. The number of rotatable bonds is 13. The Morgan fingerprint density at radius 2 is 1.40 bits per heavy atom. The summed E-state index contributed by atoms with van der Waals surface area (Å²) in [6.07, 6.45) is 4.19. The van der Waals surface area contributed by atoms with Crippen LogP contribution in [0.5, 0.6) is 5.75 Å². The summed E-state index contributed by atoms with van der Waals surface area (Å²) in [6, 6.07) is 29.7. The lowest BCUT2D eigenvalue weighted by atomic mass is 10.0. The summed E-state index contributed by atoms with van der Waals surface area (Å²) in [5, 5.41) is 3.21. The van der Waals surface area contributed by atoms with Crippen molar-refractivity contribution >= 4 is 27.5 Å². The van der Waals surface area contributed by atoms with Crippen LogP contribution in [-0.4, -0.2) is 50.9 Å². The Morgan fingerprint density at radius 1 is 0.809 bits per heavy atom. The van der Waals surface area contributed by atoms with Crippen LogP contribution in [0.25, 0.3) is 0 Å². The maximum absolute atomic E-state index is 14.6. The molecule has 5 rings (SSSR count). The number of nitrogens with one attached hydrogen (secondary N) is 1. The lowest BCUT2D eigenvalue weighted by molar-refractivity contribution is -0.140. The van der Waals surface area contributed by atoms with Gasteiger partial charge >= 0.3 is 0 Å². The zero-order valence-electron chi connectivity index (χ0n) is 27.3. The summed E-state index contributed by atoms with van der Waals surface area (Å²) in [7, 11) is -2.68. The number of hydrogen-bond acceptors (Lipinski definition) is 5. The fourth-order valence-electron chi connectivity index (χ4n) is 5.93. The first-order valence-corrected chi connectivity index (χ1v) is 17.5. The standard InChI is InChI=1S/C38H43N3O5S/c1-28-13-17-31(18-14-28)26-40(36(25-30-9-5-4-6-10-30)38(43)39-32-11-7-8-12-32)37(42)27-41(33-19-15-29(2)16-20-33)47(44,45)35-23-21-34(46-3)22-24-35/h4-6,9-10,13-24,32,36H,7-8,11-12,25-27H2,1-3H3,(H,39,43). The summed E-state index contributed by atoms with van der Waals surface area (Å²) in [4.78, 5) is 30.3. The third-order valence-corrected chi connectivity index (χ3v) is 10.5. The number of aryl methyl sites for hydroxylation is 2. The summed E-state index contributed by atoms with van der Waals surface area (Å²) in [5.74, 6) is -0.199. The molecule has 4 aromatic rings. The van der Waals surface area contributed by atoms with E-state index >= 15 is 0 Å². The van der Waals surface area contributed by atoms with Crippen LogP contribution in [0.2, 0.25) is 0 Å². The Labute approximate surface area is 278 Å². The van der Waals surface area contributed by atoms with Crippen molar-refractivity contribution in [2.75, 3.05) is 18.0 Å². The molecule has 1 aliphatic rings. The van der Waals surface area contributed by atoms with Crippen molar-refractivity contribution in [3.8, 4) is 5.75 Å². The van der Waals surface area contributed by atoms with Gasteiger partial charge < -0.3 is 15.0 Å². The SMILES string of the molecule is COc1ccc(S(=O)(=O)N(CC(=O)N(Cc2ccc(C)cc2)C(Cc2ccccc2)C(=O)NC2CCCC2)c2ccc(C)cc2)cc1. The summed E-state index contributed by atoms with van der Waals surface area (Å²) in [5.41, 5.74) is 4.12. The molecule has 0 radical (unpaired) electrons. The van der Waals surface area contributed by atoms with Gasteiger partial charge in [0.1, 0.15) is 18.3 Å². The summed E-state index contributed by atoms with van der Waals surface area (Å²) < 4.78 is 34.8. The van der Waals surface area contributed by atoms with Crippen molar-refractivity contribution in [2.24, 2.45) is 0 Å². The molecule has 1 atom stereocenters. The second kappa shape index (κ2) is 15.3. The smallest absolute Gasteiger partial charge is 0.264 e. The van der Waals surface area contributed by atoms with Gasteiger partial charge in [0.25, 0.3) is 10.0 Å². The number of carbonyl (C=O) groups excluding carboxylic acids is 2. The third kappa shape index (κ3) is 8.60. The highest BCUT2D eigenvalue weighted by molar-refractivity contribution is 7.92. The van der Waals surface area contributed by atoms with Gasteiger partial charge in [0, 0.05) is 19.0 Å². The normalized spacial score (nSPS) is 13.9. The van der Waals surface area contributed by atoms with Gasteiger partial charge in [-0.25, -0.2) is 8.42 Å². The molecule has 1 aliphatic carbocycles. The van der Waals surface area contributed by atoms with Crippen LogP contribution in [0.3, 0.4) is 0 Å². The number of benzene rings is 4. The fourth-order valence-corrected chi connectivity index (χ4v) is 7.34. The Kier molecular flexibility index (Phi) is 11.0. The minimum absolute atomic E-state index is 0.0246. The van der Waals surface area contributed by atoms with Crippen molar-refractivity contribution in [3.05, 3.63) is 125 Å². The predicted octanol–water partition coefficient (Wildman–Crippen LogP) is 6.21. The molecule has 0 saturated heterocycles. The van der Waals surface area contributed by atoms with E-state index in [0.717, 1.165) is 52.2 Å². The molecule has 0 bridgehead atoms. The van der Waals surface area contributed by atoms with Crippen molar-refractivity contribution in [2.45, 2.75) is 69.5 Å². The van der Waals surface area contributed by atoms with Gasteiger partial charge in [-0.15, -0.1) is 0 Å². The maximum Gasteiger partial charge on any atom is 0.264 e. The molecule has 1 saturated carbocycles. The Hall–Kier alpha value is -4.63. The second-order valence-corrected chi connectivity index (χ2v) is 14.1. The van der Waals surface area contributed by atoms with Crippen molar-refractivity contribution in [3.63, 3.8) is 0 Å². The average Bonchev–Trinajstić information content (AvgIpc) is 3.60. The minimum atomic E-state index is -4.19. The second-order valence-electron chi connectivity index (χ2n) is 12.2. The molecular formula is C38H43N3O5S. The summed E-state index contributed by atoms with van der Waals surface area (Å²) >= 11 is 0. The van der Waals surface area contributed by atoms with Crippen LogP contribution in [0, 0.1) is 13.8 Å². The fraction of sp³-hybridized carbons (Fsp3) is 0.316. The number of sulfonamides is 1. The molecule has 0 aliphatic heterocycles. The predicted molar refractivity (Wildman–Crippen MR) is 185 cm³/mol. The molecule has 0 heterocycles. The van der Waals surface area contributed by atoms with E-state index < -0.39 is 28.5 Å². The first kappa shape index (κ1) is 33.7. The van der Waals surface area contributed by atoms with E-state index in [1.807, 2.05) is 80.6 Å². The zero-order chi connectivity index (χ0) is 33.4. The van der Waals surface area contributed by atoms with Crippen LogP contribution >= 0.6 is 0 Å². The molecule has 2 amide bonds. The molecule has 9 heteroatoms. The van der Waals surface area contributed by atoms with E-state index in [0.29, 0.717) is 11.4 Å². The molecule has 0 aromatic heterocycles. The zero-order valence-corrected chi connectivity index (χ0v) is 28.1. The van der Waals surface area contributed by atoms with E-state index in [-0.39, 0.29) is 29.8 Å². The van der Waals surface area contributed by atoms with Gasteiger partial charge in [-0.1, -0.05) is 90.7 Å². The largest absolute Gasteiger partial charge is 0.497 e. The lowest BCUT2D eigenvalue weighted by Crippen LogP contribution is -2.54. The van der Waals surface area contributed by atoms with E-state index in [9.17, 15) is 18.0 Å². The number of hydrogen-bond donors (Lipinski definition) is 1. The van der Waals surface area contributed by atoms with Crippen LogP contribution in [0.1, 0.15) is 47.9 Å². The first-order chi connectivity index (χ1) is 22.6. The molecule has 246 valence electrons. The van der Waals surface area contributed by atoms with Gasteiger partial charge in [0.05, 0.1) is 17.7 Å². The van der Waals surface area contributed by atoms with Crippen molar-refractivity contribution in [1.82, 2.24) is 10.2 Å². The third-order valence-electron chi connectivity index (χ3n) is 8.69. The Morgan fingerprint density at radius 3 is 2.00 bits per heavy atom. The Bertz CT molecular complexity index is 1740. The number of carbonyl (C=O) groups is 2. The molecule has 1 fully saturated rings. The minimum Gasteiger partial charge on any atom is -0.497 e. The van der Waals surface area contributed by atoms with Crippen molar-refractivity contribution < 1.29 is 22.7 Å². The molecule has 47 heavy (non-hydrogen) atoms. The van der Waals surface area contributed by atoms with Crippen LogP contribution < -0.4 is 14.4 Å². The van der Waals surface area contributed by atoms with Gasteiger partial charge in [0.15, 0.2) is 0 Å². The van der Waals surface area contributed by atoms with Gasteiger partial charge in [-0.05, 0) is 74.2 Å². The van der Waals surface area contributed by atoms with Crippen LogP contribution in [-0.2, 0) is 32.6 Å². The van der Waals surface area contributed by atoms with Gasteiger partial charge in [0.2, 0.25) is 11.8 Å². The quantitative estimate of drug-likeness (QED) is 0.185. The number of methoxy groups -OCH3 is 1. The van der Waals surface area contributed by atoms with E-state index in [1.165, 1.54) is 19.2 Å². The highest BCUT2D eigenvalue weighted by Gasteiger charge is 2.35. The number of amides is 2. The van der Waals surface area contributed by atoms with Gasteiger partial charge in [-0.2, -0.15) is 0 Å². The van der Waals surface area contributed by atoms with Crippen LogP contribution in [0.4, 0.5) is 5.69 Å². The van der Waals surface area contributed by atoms with E-state index in [1.54, 1.807) is 29.2 Å². The van der Waals surface area contributed by atoms with E-state index in [2.05, 4.69) is 5.32 Å². The highest BCUT2D eigenvalue weighted by Crippen LogP contribution is 2.27. The maximum atomic E-state index is 14.6. The number of ether oxygens (including phenoxy) is 1. The lowest BCUT2D eigenvalue weighted by Gasteiger charge is -2.34. The topological polar surface area (TPSA) is 96.0 Å². The molecule has 8 nitrogen and oxygen atoms in total. The van der Waals surface area contributed by atoms with E-state index in [4.69, 9.17) is 4.74 Å². The van der Waals surface area contributed by atoms with Gasteiger partial charge in [-0.3, -0.25) is 13.9 Å². The Balaban J connectivity index is 1.55. The summed E-state index contributed by atoms with van der Waals surface area (Å²) in [6.45, 7) is 3.55.